The average molecular weight is 280 g/mol. The Labute approximate surface area is 122 Å². The minimum atomic E-state index is 0.167. The number of amides is 1. The Morgan fingerprint density at radius 1 is 1.35 bits per heavy atom. The summed E-state index contributed by atoms with van der Waals surface area (Å²) in [5, 5.41) is 6.32. The molecule has 4 heteroatoms. The van der Waals surface area contributed by atoms with E-state index in [1.807, 2.05) is 0 Å². The van der Waals surface area contributed by atoms with Crippen LogP contribution in [-0.2, 0) is 9.53 Å². The Morgan fingerprint density at radius 2 is 2.20 bits per heavy atom. The molecule has 0 radical (unpaired) electrons. The van der Waals surface area contributed by atoms with E-state index in [2.05, 4.69) is 16.7 Å². The zero-order valence-electron chi connectivity index (χ0n) is 12.5. The fourth-order valence-electron chi connectivity index (χ4n) is 2.85. The summed E-state index contributed by atoms with van der Waals surface area (Å²) in [6.45, 7) is 3.62. The summed E-state index contributed by atoms with van der Waals surface area (Å²) < 4.78 is 5.81. The van der Waals surface area contributed by atoms with Gasteiger partial charge in [-0.15, -0.1) is 0 Å². The number of carbonyl (C=O) groups excluding carboxylic acids is 1. The molecular weight excluding hydrogens is 252 g/mol. The minimum Gasteiger partial charge on any atom is -0.378 e. The lowest BCUT2D eigenvalue weighted by atomic mass is 9.97. The number of hydrogen-bond donors (Lipinski definition) is 2. The monoisotopic (exact) mass is 280 g/mol. The van der Waals surface area contributed by atoms with E-state index in [4.69, 9.17) is 4.74 Å². The summed E-state index contributed by atoms with van der Waals surface area (Å²) in [5.74, 6) is 0.167. The zero-order chi connectivity index (χ0) is 14.0. The molecule has 0 unspecified atom stereocenters. The molecule has 0 aromatic rings. The van der Waals surface area contributed by atoms with Crippen LogP contribution in [0.15, 0.2) is 11.6 Å². The highest BCUT2D eigenvalue weighted by atomic mass is 16.5. The maximum Gasteiger partial charge on any atom is 0.224 e. The van der Waals surface area contributed by atoms with E-state index in [-0.39, 0.29) is 5.91 Å². The maximum absolute atomic E-state index is 11.8. The third-order valence-electron chi connectivity index (χ3n) is 4.06. The number of nitrogens with one attached hydrogen (secondary N) is 2. The van der Waals surface area contributed by atoms with Gasteiger partial charge in [0.1, 0.15) is 0 Å². The van der Waals surface area contributed by atoms with Gasteiger partial charge in [0.05, 0.1) is 6.10 Å². The normalized spacial score (nSPS) is 20.5. The molecule has 1 fully saturated rings. The van der Waals surface area contributed by atoms with Crippen LogP contribution in [0.25, 0.3) is 0 Å². The fourth-order valence-corrected chi connectivity index (χ4v) is 2.85. The standard InChI is InChI=1S/C16H28N2O2/c19-16(13-14-5-2-1-3-6-14)18-9-4-12-20-15-7-10-17-11-8-15/h5,15,17H,1-4,6-13H2,(H,18,19). The van der Waals surface area contributed by atoms with E-state index in [1.54, 1.807) is 0 Å². The molecule has 0 atom stereocenters. The number of ether oxygens (including phenoxy) is 1. The number of allylic oxidation sites excluding steroid dienone is 1. The van der Waals surface area contributed by atoms with Gasteiger partial charge >= 0.3 is 0 Å². The number of hydrogen-bond acceptors (Lipinski definition) is 3. The van der Waals surface area contributed by atoms with Crippen molar-refractivity contribution in [2.45, 2.75) is 57.5 Å². The summed E-state index contributed by atoms with van der Waals surface area (Å²) in [7, 11) is 0. The Kier molecular flexibility index (Phi) is 7.09. The lowest BCUT2D eigenvalue weighted by Crippen LogP contribution is -2.33. The van der Waals surface area contributed by atoms with Crippen molar-refractivity contribution >= 4 is 5.91 Å². The van der Waals surface area contributed by atoms with Crippen LogP contribution in [0, 0.1) is 0 Å². The van der Waals surface area contributed by atoms with Gasteiger partial charge in [0.15, 0.2) is 0 Å². The SMILES string of the molecule is O=C(CC1=CCCCC1)NCCCOC1CCNCC1. The van der Waals surface area contributed by atoms with E-state index < -0.39 is 0 Å². The van der Waals surface area contributed by atoms with Gasteiger partial charge in [-0.1, -0.05) is 11.6 Å². The lowest BCUT2D eigenvalue weighted by Gasteiger charge is -2.22. The molecule has 4 nitrogen and oxygen atoms in total. The summed E-state index contributed by atoms with van der Waals surface area (Å²) >= 11 is 0. The van der Waals surface area contributed by atoms with Gasteiger partial charge in [0.2, 0.25) is 5.91 Å². The molecule has 0 aromatic heterocycles. The van der Waals surface area contributed by atoms with Crippen molar-refractivity contribution in [2.75, 3.05) is 26.2 Å². The van der Waals surface area contributed by atoms with Crippen LogP contribution >= 0.6 is 0 Å². The summed E-state index contributed by atoms with van der Waals surface area (Å²) in [4.78, 5) is 11.8. The van der Waals surface area contributed by atoms with Crippen molar-refractivity contribution in [3.05, 3.63) is 11.6 Å². The molecule has 0 saturated carbocycles. The van der Waals surface area contributed by atoms with E-state index in [9.17, 15) is 4.79 Å². The lowest BCUT2D eigenvalue weighted by molar-refractivity contribution is -0.120. The van der Waals surface area contributed by atoms with E-state index in [0.717, 1.165) is 58.3 Å². The quantitative estimate of drug-likeness (QED) is 0.555. The average Bonchev–Trinajstić information content (AvgIpc) is 2.49. The van der Waals surface area contributed by atoms with Crippen LogP contribution in [0.4, 0.5) is 0 Å². The second-order valence-electron chi connectivity index (χ2n) is 5.81. The van der Waals surface area contributed by atoms with Crippen LogP contribution in [0.5, 0.6) is 0 Å². The van der Waals surface area contributed by atoms with Gasteiger partial charge in [-0.25, -0.2) is 0 Å². The molecule has 20 heavy (non-hydrogen) atoms. The van der Waals surface area contributed by atoms with Crippen LogP contribution in [0.2, 0.25) is 0 Å². The zero-order valence-corrected chi connectivity index (χ0v) is 12.5. The van der Waals surface area contributed by atoms with Gasteiger partial charge < -0.3 is 15.4 Å². The molecule has 2 N–H and O–H groups in total. The number of carbonyl (C=O) groups is 1. The summed E-state index contributed by atoms with van der Waals surface area (Å²) in [5.41, 5.74) is 1.32. The highest BCUT2D eigenvalue weighted by molar-refractivity contribution is 5.78. The molecule has 0 bridgehead atoms. The van der Waals surface area contributed by atoms with Gasteiger partial charge in [-0.3, -0.25) is 4.79 Å². The Morgan fingerprint density at radius 3 is 2.95 bits per heavy atom. The van der Waals surface area contributed by atoms with E-state index >= 15 is 0 Å². The predicted molar refractivity (Wildman–Crippen MR) is 80.6 cm³/mol. The Balaban J connectivity index is 1.47. The maximum atomic E-state index is 11.8. The van der Waals surface area contributed by atoms with Crippen LogP contribution in [-0.4, -0.2) is 38.3 Å². The highest BCUT2D eigenvalue weighted by Gasteiger charge is 2.12. The second kappa shape index (κ2) is 9.14. The topological polar surface area (TPSA) is 50.4 Å². The fraction of sp³-hybridized carbons (Fsp3) is 0.812. The third kappa shape index (κ3) is 6.06. The minimum absolute atomic E-state index is 0.167. The first kappa shape index (κ1) is 15.5. The van der Waals surface area contributed by atoms with Gasteiger partial charge in [-0.2, -0.15) is 0 Å². The summed E-state index contributed by atoms with van der Waals surface area (Å²) in [6, 6.07) is 0. The first-order chi connectivity index (χ1) is 9.84. The van der Waals surface area contributed by atoms with Gasteiger partial charge in [0, 0.05) is 19.6 Å². The number of rotatable bonds is 7. The number of piperidine rings is 1. The van der Waals surface area contributed by atoms with Gasteiger partial charge in [-0.05, 0) is 58.0 Å². The molecule has 2 rings (SSSR count). The molecule has 1 amide bonds. The highest BCUT2D eigenvalue weighted by Crippen LogP contribution is 2.19. The smallest absolute Gasteiger partial charge is 0.224 e. The molecule has 1 saturated heterocycles. The Hall–Kier alpha value is -0.870. The van der Waals surface area contributed by atoms with Crippen molar-refractivity contribution < 1.29 is 9.53 Å². The first-order valence-corrected chi connectivity index (χ1v) is 8.11. The van der Waals surface area contributed by atoms with Crippen molar-refractivity contribution in [1.82, 2.24) is 10.6 Å². The van der Waals surface area contributed by atoms with Crippen molar-refractivity contribution in [3.8, 4) is 0 Å². The van der Waals surface area contributed by atoms with Gasteiger partial charge in [0.25, 0.3) is 0 Å². The molecule has 1 aliphatic heterocycles. The second-order valence-corrected chi connectivity index (χ2v) is 5.81. The van der Waals surface area contributed by atoms with E-state index in [0.29, 0.717) is 12.5 Å². The molecular formula is C16H28N2O2. The van der Waals surface area contributed by atoms with Crippen LogP contribution in [0.3, 0.4) is 0 Å². The van der Waals surface area contributed by atoms with Crippen LogP contribution < -0.4 is 10.6 Å². The van der Waals surface area contributed by atoms with E-state index in [1.165, 1.54) is 18.4 Å². The largest absolute Gasteiger partial charge is 0.378 e. The molecule has 2 aliphatic rings. The predicted octanol–water partition coefficient (Wildman–Crippen LogP) is 2.15. The molecule has 1 aliphatic carbocycles. The molecule has 1 heterocycles. The van der Waals surface area contributed by atoms with Crippen molar-refractivity contribution in [1.29, 1.82) is 0 Å². The first-order valence-electron chi connectivity index (χ1n) is 8.11. The summed E-state index contributed by atoms with van der Waals surface area (Å²) in [6.07, 6.45) is 11.1. The Bertz CT molecular complexity index is 322. The van der Waals surface area contributed by atoms with Crippen molar-refractivity contribution in [3.63, 3.8) is 0 Å². The molecule has 0 aromatic carbocycles. The molecule has 0 spiro atoms. The third-order valence-corrected chi connectivity index (χ3v) is 4.06. The molecule has 114 valence electrons. The van der Waals surface area contributed by atoms with Crippen molar-refractivity contribution in [2.24, 2.45) is 0 Å². The van der Waals surface area contributed by atoms with Crippen LogP contribution in [0.1, 0.15) is 51.4 Å².